The Morgan fingerprint density at radius 1 is 0.848 bits per heavy atom. The summed E-state index contributed by atoms with van der Waals surface area (Å²) in [4.78, 5) is 0.234. The predicted molar refractivity (Wildman–Crippen MR) is 129 cm³/mol. The first-order valence-corrected chi connectivity index (χ1v) is 12.3. The molecule has 6 nitrogen and oxygen atoms in total. The van der Waals surface area contributed by atoms with E-state index in [1.807, 2.05) is 62.4 Å². The first-order valence-electron chi connectivity index (χ1n) is 10.9. The zero-order valence-corrected chi connectivity index (χ0v) is 20.3. The van der Waals surface area contributed by atoms with E-state index < -0.39 is 10.0 Å². The Balaban J connectivity index is 1.88. The smallest absolute Gasteiger partial charge is 0.243 e. The van der Waals surface area contributed by atoms with Gasteiger partial charge in [-0.1, -0.05) is 43.3 Å². The number of nitrogens with zero attached hydrogens (tertiary/aromatic N) is 1. The summed E-state index contributed by atoms with van der Waals surface area (Å²) < 4.78 is 45.1. The summed E-state index contributed by atoms with van der Waals surface area (Å²) in [5.74, 6) is 1.78. The molecule has 0 aliphatic carbocycles. The highest BCUT2D eigenvalue weighted by atomic mass is 32.2. The highest BCUT2D eigenvalue weighted by Crippen LogP contribution is 2.31. The molecule has 0 amide bonds. The minimum absolute atomic E-state index is 0.187. The van der Waals surface area contributed by atoms with Crippen LogP contribution in [0.25, 0.3) is 0 Å². The van der Waals surface area contributed by atoms with Crippen LogP contribution in [0.3, 0.4) is 0 Å². The van der Waals surface area contributed by atoms with E-state index in [-0.39, 0.29) is 17.5 Å². The molecule has 33 heavy (non-hydrogen) atoms. The Kier molecular flexibility index (Phi) is 8.36. The van der Waals surface area contributed by atoms with Crippen LogP contribution in [0.1, 0.15) is 31.4 Å². The maximum absolute atomic E-state index is 13.5. The normalized spacial score (nSPS) is 12.4. The maximum Gasteiger partial charge on any atom is 0.243 e. The van der Waals surface area contributed by atoms with Gasteiger partial charge in [0.1, 0.15) is 12.4 Å². The molecule has 7 heteroatoms. The Bertz CT molecular complexity index is 1130. The van der Waals surface area contributed by atoms with E-state index in [0.29, 0.717) is 30.3 Å². The molecule has 0 aromatic heterocycles. The topological polar surface area (TPSA) is 65.1 Å². The van der Waals surface area contributed by atoms with Crippen molar-refractivity contribution in [2.75, 3.05) is 14.2 Å². The number of ether oxygens (including phenoxy) is 3. The third-order valence-electron chi connectivity index (χ3n) is 5.55. The van der Waals surface area contributed by atoms with Gasteiger partial charge in [-0.15, -0.1) is 0 Å². The van der Waals surface area contributed by atoms with Crippen LogP contribution >= 0.6 is 0 Å². The molecule has 0 bridgehead atoms. The molecule has 0 fully saturated rings. The van der Waals surface area contributed by atoms with E-state index >= 15 is 0 Å². The number of benzene rings is 3. The molecule has 0 radical (unpaired) electrons. The number of hydrogen-bond acceptors (Lipinski definition) is 5. The summed E-state index contributed by atoms with van der Waals surface area (Å²) in [6.45, 7) is 4.50. The van der Waals surface area contributed by atoms with Gasteiger partial charge in [-0.2, -0.15) is 4.31 Å². The highest BCUT2D eigenvalue weighted by molar-refractivity contribution is 7.89. The van der Waals surface area contributed by atoms with Crippen LogP contribution in [0.5, 0.6) is 17.2 Å². The van der Waals surface area contributed by atoms with Gasteiger partial charge in [0.25, 0.3) is 0 Å². The summed E-state index contributed by atoms with van der Waals surface area (Å²) in [5.41, 5.74) is 1.85. The Hall–Kier alpha value is -3.03. The second-order valence-corrected chi connectivity index (χ2v) is 9.63. The van der Waals surface area contributed by atoms with Gasteiger partial charge >= 0.3 is 0 Å². The standard InChI is InChI=1S/C26H31NO5S/c1-5-20(2)27(33(28,29)24-14-12-23(30-3)13-15-24)18-22-11-16-25(31-4)26(17-22)32-19-21-9-7-6-8-10-21/h6-17,20H,5,18-19H2,1-4H3. The van der Waals surface area contributed by atoms with Crippen LogP contribution in [0, 0.1) is 0 Å². The minimum Gasteiger partial charge on any atom is -0.497 e. The zero-order chi connectivity index (χ0) is 23.8. The van der Waals surface area contributed by atoms with Gasteiger partial charge in [-0.05, 0) is 60.9 Å². The van der Waals surface area contributed by atoms with E-state index in [9.17, 15) is 8.42 Å². The number of sulfonamides is 1. The quantitative estimate of drug-likeness (QED) is 0.383. The molecule has 0 aliphatic heterocycles. The Morgan fingerprint density at radius 2 is 1.55 bits per heavy atom. The number of rotatable bonds is 11. The lowest BCUT2D eigenvalue weighted by Crippen LogP contribution is -2.37. The Morgan fingerprint density at radius 3 is 2.15 bits per heavy atom. The fourth-order valence-electron chi connectivity index (χ4n) is 3.41. The minimum atomic E-state index is -3.71. The fraction of sp³-hybridized carbons (Fsp3) is 0.308. The van der Waals surface area contributed by atoms with Crippen LogP contribution in [0.2, 0.25) is 0 Å². The van der Waals surface area contributed by atoms with Crippen molar-refractivity contribution in [3.8, 4) is 17.2 Å². The van der Waals surface area contributed by atoms with Gasteiger partial charge in [0.05, 0.1) is 19.1 Å². The molecule has 0 saturated heterocycles. The van der Waals surface area contributed by atoms with Crippen LogP contribution in [0.4, 0.5) is 0 Å². The Labute approximate surface area is 196 Å². The van der Waals surface area contributed by atoms with Crippen LogP contribution in [-0.2, 0) is 23.2 Å². The van der Waals surface area contributed by atoms with Gasteiger partial charge in [0.2, 0.25) is 10.0 Å². The van der Waals surface area contributed by atoms with Gasteiger partial charge in [0, 0.05) is 12.6 Å². The van der Waals surface area contributed by atoms with Crippen LogP contribution in [-0.4, -0.2) is 33.0 Å². The lowest BCUT2D eigenvalue weighted by molar-refractivity contribution is 0.282. The van der Waals surface area contributed by atoms with Gasteiger partial charge in [-0.3, -0.25) is 0 Å². The third-order valence-corrected chi connectivity index (χ3v) is 7.53. The lowest BCUT2D eigenvalue weighted by atomic mass is 10.1. The number of methoxy groups -OCH3 is 2. The predicted octanol–water partition coefficient (Wildman–Crippen LogP) is 5.27. The molecule has 0 spiro atoms. The molecular weight excluding hydrogens is 438 g/mol. The summed E-state index contributed by atoms with van der Waals surface area (Å²) in [7, 11) is -0.575. The monoisotopic (exact) mass is 469 g/mol. The zero-order valence-electron chi connectivity index (χ0n) is 19.5. The molecule has 0 N–H and O–H groups in total. The average Bonchev–Trinajstić information content (AvgIpc) is 2.86. The molecule has 0 heterocycles. The van der Waals surface area contributed by atoms with Crippen molar-refractivity contribution in [2.45, 2.75) is 44.4 Å². The van der Waals surface area contributed by atoms with Crippen molar-refractivity contribution >= 4 is 10.0 Å². The molecule has 0 aliphatic rings. The maximum atomic E-state index is 13.5. The lowest BCUT2D eigenvalue weighted by Gasteiger charge is -2.28. The molecule has 3 rings (SSSR count). The van der Waals surface area contributed by atoms with Crippen molar-refractivity contribution < 1.29 is 22.6 Å². The van der Waals surface area contributed by atoms with Crippen molar-refractivity contribution in [1.82, 2.24) is 4.31 Å². The van der Waals surface area contributed by atoms with E-state index in [1.165, 1.54) is 4.31 Å². The summed E-state index contributed by atoms with van der Waals surface area (Å²) in [6, 6.07) is 21.7. The molecule has 176 valence electrons. The first kappa shape index (κ1) is 24.6. The van der Waals surface area contributed by atoms with Gasteiger partial charge in [-0.25, -0.2) is 8.42 Å². The fourth-order valence-corrected chi connectivity index (χ4v) is 5.10. The first-order chi connectivity index (χ1) is 15.9. The molecule has 1 atom stereocenters. The molecule has 1 unspecified atom stereocenters. The second-order valence-electron chi connectivity index (χ2n) is 7.74. The third kappa shape index (κ3) is 6.06. The van der Waals surface area contributed by atoms with E-state index in [4.69, 9.17) is 14.2 Å². The second kappa shape index (κ2) is 11.2. The summed E-state index contributed by atoms with van der Waals surface area (Å²) in [5, 5.41) is 0. The van der Waals surface area contributed by atoms with E-state index in [0.717, 1.165) is 11.1 Å². The van der Waals surface area contributed by atoms with Crippen LogP contribution in [0.15, 0.2) is 77.7 Å². The summed E-state index contributed by atoms with van der Waals surface area (Å²) in [6.07, 6.45) is 0.683. The van der Waals surface area contributed by atoms with Crippen molar-refractivity contribution in [2.24, 2.45) is 0 Å². The SMILES string of the molecule is CCC(C)N(Cc1ccc(OC)c(OCc2ccccc2)c1)S(=O)(=O)c1ccc(OC)cc1. The van der Waals surface area contributed by atoms with Crippen molar-refractivity contribution in [3.63, 3.8) is 0 Å². The molecular formula is C26H31NO5S. The van der Waals surface area contributed by atoms with E-state index in [2.05, 4.69) is 0 Å². The van der Waals surface area contributed by atoms with Crippen molar-refractivity contribution in [3.05, 3.63) is 83.9 Å². The highest BCUT2D eigenvalue weighted by Gasteiger charge is 2.29. The largest absolute Gasteiger partial charge is 0.497 e. The van der Waals surface area contributed by atoms with Crippen LogP contribution < -0.4 is 14.2 Å². The molecule has 3 aromatic carbocycles. The van der Waals surface area contributed by atoms with Gasteiger partial charge < -0.3 is 14.2 Å². The molecule has 0 saturated carbocycles. The van der Waals surface area contributed by atoms with Gasteiger partial charge in [0.15, 0.2) is 11.5 Å². The molecule has 3 aromatic rings. The number of hydrogen-bond donors (Lipinski definition) is 0. The van der Waals surface area contributed by atoms with Crippen molar-refractivity contribution in [1.29, 1.82) is 0 Å². The average molecular weight is 470 g/mol. The van der Waals surface area contributed by atoms with E-state index in [1.54, 1.807) is 38.5 Å². The summed E-state index contributed by atoms with van der Waals surface area (Å²) >= 11 is 0.